The van der Waals surface area contributed by atoms with E-state index in [9.17, 15) is 4.79 Å². The van der Waals surface area contributed by atoms with E-state index in [2.05, 4.69) is 37.6 Å². The third-order valence-electron chi connectivity index (χ3n) is 6.11. The smallest absolute Gasteiger partial charge is 0.273 e. The molecule has 3 aromatic rings. The van der Waals surface area contributed by atoms with E-state index in [1.807, 2.05) is 49.4 Å². The van der Waals surface area contributed by atoms with Crippen LogP contribution in [0.4, 0.5) is 5.69 Å². The molecule has 0 bridgehead atoms. The van der Waals surface area contributed by atoms with Crippen molar-refractivity contribution in [2.45, 2.75) is 19.9 Å². The quantitative estimate of drug-likeness (QED) is 0.507. The second kappa shape index (κ2) is 11.0. The van der Waals surface area contributed by atoms with E-state index < -0.39 is 0 Å². The Labute approximate surface area is 195 Å². The number of anilines is 1. The van der Waals surface area contributed by atoms with Gasteiger partial charge in [0.05, 0.1) is 25.0 Å². The Hall–Kier alpha value is -3.39. The van der Waals surface area contributed by atoms with Crippen LogP contribution < -0.4 is 15.0 Å². The molecule has 1 aromatic heterocycles. The van der Waals surface area contributed by atoms with Crippen LogP contribution in [0.1, 0.15) is 28.2 Å². The minimum absolute atomic E-state index is 0.159. The van der Waals surface area contributed by atoms with Crippen LogP contribution in [0.5, 0.6) is 5.75 Å². The Bertz CT molecular complexity index is 1040. The van der Waals surface area contributed by atoms with E-state index in [4.69, 9.17) is 4.74 Å². The third kappa shape index (κ3) is 5.70. The van der Waals surface area contributed by atoms with Crippen molar-refractivity contribution in [3.05, 3.63) is 71.5 Å². The van der Waals surface area contributed by atoms with E-state index in [-0.39, 0.29) is 5.91 Å². The number of para-hydroxylation sites is 2. The lowest BCUT2D eigenvalue weighted by Crippen LogP contribution is -2.47. The number of carbonyl (C=O) groups is 1. The molecular weight excluding hydrogens is 416 g/mol. The number of nitrogens with one attached hydrogen (secondary N) is 1. The number of piperazine rings is 1. The third-order valence-corrected chi connectivity index (χ3v) is 6.11. The highest BCUT2D eigenvalue weighted by atomic mass is 16.5. The van der Waals surface area contributed by atoms with Crippen LogP contribution in [-0.2, 0) is 6.54 Å². The molecule has 0 radical (unpaired) electrons. The molecule has 1 fully saturated rings. The van der Waals surface area contributed by atoms with E-state index in [0.29, 0.717) is 18.8 Å². The fraction of sp³-hybridized carbons (Fsp3) is 0.400. The Morgan fingerprint density at radius 2 is 1.76 bits per heavy atom. The van der Waals surface area contributed by atoms with Gasteiger partial charge >= 0.3 is 0 Å². The lowest BCUT2D eigenvalue weighted by Gasteiger charge is -2.36. The number of carbonyl (C=O) groups excluding carboxylic acids is 1. The topological polar surface area (TPSA) is 75.5 Å². The number of amides is 1. The van der Waals surface area contributed by atoms with Crippen LogP contribution in [0.2, 0.25) is 0 Å². The van der Waals surface area contributed by atoms with Gasteiger partial charge in [0, 0.05) is 32.7 Å². The maximum absolute atomic E-state index is 12.6. The summed E-state index contributed by atoms with van der Waals surface area (Å²) in [6, 6.07) is 18.2. The molecule has 2 heterocycles. The molecule has 1 aliphatic heterocycles. The van der Waals surface area contributed by atoms with Crippen molar-refractivity contribution in [1.29, 1.82) is 0 Å². The molecule has 1 amide bonds. The number of hydrogen-bond acceptors (Lipinski definition) is 6. The zero-order valence-electron chi connectivity index (χ0n) is 19.4. The van der Waals surface area contributed by atoms with Crippen LogP contribution in [0.25, 0.3) is 0 Å². The van der Waals surface area contributed by atoms with Gasteiger partial charge in [-0.05, 0) is 37.6 Å². The number of rotatable bonds is 9. The second-order valence-electron chi connectivity index (χ2n) is 8.28. The molecule has 0 aliphatic carbocycles. The normalized spacial score (nSPS) is 14.3. The number of nitrogens with zero attached hydrogens (tertiary/aromatic N) is 5. The molecule has 0 spiro atoms. The summed E-state index contributed by atoms with van der Waals surface area (Å²) < 4.78 is 7.27. The molecule has 0 unspecified atom stereocenters. The number of ether oxygens (including phenoxy) is 1. The number of hydrogen-bond donors (Lipinski definition) is 1. The molecule has 8 nitrogen and oxygen atoms in total. The lowest BCUT2D eigenvalue weighted by molar-refractivity contribution is 0.0945. The highest BCUT2D eigenvalue weighted by Crippen LogP contribution is 2.28. The Kier molecular flexibility index (Phi) is 7.57. The van der Waals surface area contributed by atoms with Crippen molar-refractivity contribution < 1.29 is 9.53 Å². The summed E-state index contributed by atoms with van der Waals surface area (Å²) in [6.45, 7) is 8.01. The monoisotopic (exact) mass is 448 g/mol. The van der Waals surface area contributed by atoms with Gasteiger partial charge in [0.25, 0.3) is 5.91 Å². The summed E-state index contributed by atoms with van der Waals surface area (Å²) in [5.41, 5.74) is 3.46. The van der Waals surface area contributed by atoms with Crippen LogP contribution in [0, 0.1) is 6.92 Å². The summed E-state index contributed by atoms with van der Waals surface area (Å²) in [6.07, 6.45) is 0.900. The van der Waals surface area contributed by atoms with Crippen molar-refractivity contribution in [2.75, 3.05) is 51.3 Å². The van der Waals surface area contributed by atoms with Gasteiger partial charge in [0.15, 0.2) is 5.69 Å². The van der Waals surface area contributed by atoms with Crippen molar-refractivity contribution in [2.24, 2.45) is 0 Å². The highest BCUT2D eigenvalue weighted by molar-refractivity contribution is 5.93. The molecule has 4 rings (SSSR count). The van der Waals surface area contributed by atoms with Gasteiger partial charge in [0.1, 0.15) is 5.75 Å². The summed E-state index contributed by atoms with van der Waals surface area (Å²) in [5, 5.41) is 11.3. The number of methoxy groups -OCH3 is 1. The molecule has 1 N–H and O–H groups in total. The summed E-state index contributed by atoms with van der Waals surface area (Å²) >= 11 is 0. The first-order chi connectivity index (χ1) is 16.2. The van der Waals surface area contributed by atoms with E-state index >= 15 is 0 Å². The van der Waals surface area contributed by atoms with Crippen molar-refractivity contribution in [3.8, 4) is 5.75 Å². The standard InChI is InChI=1S/C25H32N6O2/c1-20-24(27-28-31(20)19-21-9-4-3-5-10-21)25(32)26-13-8-14-29-15-17-30(18-16-29)22-11-6-7-12-23(22)33-2/h3-7,9-12H,8,13-19H2,1-2H3,(H,26,32). The summed E-state index contributed by atoms with van der Waals surface area (Å²) in [7, 11) is 1.72. The Morgan fingerprint density at radius 3 is 2.52 bits per heavy atom. The molecule has 174 valence electrons. The second-order valence-corrected chi connectivity index (χ2v) is 8.28. The maximum atomic E-state index is 12.6. The zero-order chi connectivity index (χ0) is 23.0. The summed E-state index contributed by atoms with van der Waals surface area (Å²) in [4.78, 5) is 17.4. The van der Waals surface area contributed by atoms with Crippen LogP contribution in [-0.4, -0.2) is 72.2 Å². The maximum Gasteiger partial charge on any atom is 0.273 e. The fourth-order valence-corrected chi connectivity index (χ4v) is 4.17. The van der Waals surface area contributed by atoms with Gasteiger partial charge in [-0.1, -0.05) is 47.7 Å². The fourth-order valence-electron chi connectivity index (χ4n) is 4.17. The van der Waals surface area contributed by atoms with E-state index in [1.165, 1.54) is 0 Å². The largest absolute Gasteiger partial charge is 0.495 e. The average Bonchev–Trinajstić information content (AvgIpc) is 3.22. The average molecular weight is 449 g/mol. The first kappa shape index (κ1) is 22.8. The van der Waals surface area contributed by atoms with Crippen LogP contribution in [0.15, 0.2) is 54.6 Å². The molecule has 1 aliphatic rings. The zero-order valence-corrected chi connectivity index (χ0v) is 19.4. The minimum atomic E-state index is -0.159. The van der Waals surface area contributed by atoms with Gasteiger partial charge in [-0.2, -0.15) is 0 Å². The van der Waals surface area contributed by atoms with Gasteiger partial charge < -0.3 is 15.0 Å². The van der Waals surface area contributed by atoms with Gasteiger partial charge in [0.2, 0.25) is 0 Å². The number of benzene rings is 2. The van der Waals surface area contributed by atoms with E-state index in [1.54, 1.807) is 11.8 Å². The minimum Gasteiger partial charge on any atom is -0.495 e. The lowest BCUT2D eigenvalue weighted by atomic mass is 10.2. The molecule has 8 heteroatoms. The van der Waals surface area contributed by atoms with Gasteiger partial charge in [-0.15, -0.1) is 5.10 Å². The first-order valence-corrected chi connectivity index (χ1v) is 11.5. The SMILES string of the molecule is COc1ccccc1N1CCN(CCCNC(=O)c2nnn(Cc3ccccc3)c2C)CC1. The van der Waals surface area contributed by atoms with Gasteiger partial charge in [-0.3, -0.25) is 9.69 Å². The van der Waals surface area contributed by atoms with E-state index in [0.717, 1.165) is 61.8 Å². The van der Waals surface area contributed by atoms with Crippen molar-refractivity contribution in [1.82, 2.24) is 25.2 Å². The molecule has 2 aromatic carbocycles. The Morgan fingerprint density at radius 1 is 1.03 bits per heavy atom. The highest BCUT2D eigenvalue weighted by Gasteiger charge is 2.20. The van der Waals surface area contributed by atoms with Crippen LogP contribution in [0.3, 0.4) is 0 Å². The molecular formula is C25H32N6O2. The predicted octanol–water partition coefficient (Wildman–Crippen LogP) is 2.59. The summed E-state index contributed by atoms with van der Waals surface area (Å²) in [5.74, 6) is 0.762. The molecule has 1 saturated heterocycles. The van der Waals surface area contributed by atoms with Crippen LogP contribution >= 0.6 is 0 Å². The number of aromatic nitrogens is 3. The molecule has 0 atom stereocenters. The Balaban J connectivity index is 1.19. The van der Waals surface area contributed by atoms with Crippen molar-refractivity contribution >= 4 is 11.6 Å². The first-order valence-electron chi connectivity index (χ1n) is 11.5. The molecule has 0 saturated carbocycles. The predicted molar refractivity (Wildman–Crippen MR) is 129 cm³/mol. The van der Waals surface area contributed by atoms with Gasteiger partial charge in [-0.25, -0.2) is 4.68 Å². The van der Waals surface area contributed by atoms with Crippen molar-refractivity contribution in [3.63, 3.8) is 0 Å². The molecule has 33 heavy (non-hydrogen) atoms.